The van der Waals surface area contributed by atoms with E-state index >= 15 is 0 Å². The molecule has 1 saturated heterocycles. The first-order valence-electron chi connectivity index (χ1n) is 7.81. The smallest absolute Gasteiger partial charge is 0.126 e. The first-order chi connectivity index (χ1) is 10.8. The predicted molar refractivity (Wildman–Crippen MR) is 96.4 cm³/mol. The van der Waals surface area contributed by atoms with E-state index in [1.54, 1.807) is 7.11 Å². The van der Waals surface area contributed by atoms with Crippen LogP contribution in [0.4, 0.5) is 0 Å². The van der Waals surface area contributed by atoms with Gasteiger partial charge < -0.3 is 10.1 Å². The first kappa shape index (κ1) is 15.8. The minimum absolute atomic E-state index is 0.780. The van der Waals surface area contributed by atoms with Gasteiger partial charge in [-0.25, -0.2) is 0 Å². The summed E-state index contributed by atoms with van der Waals surface area (Å²) in [5, 5.41) is 11.1. The fourth-order valence-corrected chi connectivity index (χ4v) is 3.72. The van der Waals surface area contributed by atoms with E-state index in [2.05, 4.69) is 50.2 Å². The predicted octanol–water partition coefficient (Wildman–Crippen LogP) is 3.16. The number of aromatic amines is 1. The highest BCUT2D eigenvalue weighted by Crippen LogP contribution is 2.25. The molecule has 0 unspecified atom stereocenters. The molecular weight excluding hydrogens is 389 g/mol. The molecular formula is C17H22IN3O. The van der Waals surface area contributed by atoms with E-state index in [-0.39, 0.29) is 0 Å². The van der Waals surface area contributed by atoms with E-state index in [1.807, 2.05) is 12.1 Å². The molecule has 1 aromatic heterocycles. The van der Waals surface area contributed by atoms with Crippen LogP contribution < -0.4 is 10.1 Å². The van der Waals surface area contributed by atoms with E-state index < -0.39 is 0 Å². The maximum absolute atomic E-state index is 5.22. The number of nitrogens with zero attached hydrogens (tertiary/aromatic N) is 1. The van der Waals surface area contributed by atoms with Gasteiger partial charge in [0, 0.05) is 17.7 Å². The highest BCUT2D eigenvalue weighted by atomic mass is 127. The van der Waals surface area contributed by atoms with E-state index in [0.29, 0.717) is 0 Å². The molecule has 0 amide bonds. The van der Waals surface area contributed by atoms with Crippen molar-refractivity contribution >= 4 is 22.6 Å². The third kappa shape index (κ3) is 3.81. The largest absolute Gasteiger partial charge is 0.497 e. The molecule has 1 aliphatic rings. The zero-order valence-corrected chi connectivity index (χ0v) is 15.0. The van der Waals surface area contributed by atoms with Gasteiger partial charge in [-0.15, -0.1) is 0 Å². The summed E-state index contributed by atoms with van der Waals surface area (Å²) < 4.78 is 6.35. The lowest BCUT2D eigenvalue weighted by molar-refractivity contribution is 0.371. The summed E-state index contributed by atoms with van der Waals surface area (Å²) in [7, 11) is 1.70. The summed E-state index contributed by atoms with van der Waals surface area (Å²) in [5.74, 6) is 1.68. The molecule has 22 heavy (non-hydrogen) atoms. The summed E-state index contributed by atoms with van der Waals surface area (Å²) in [4.78, 5) is 0. The highest BCUT2D eigenvalue weighted by molar-refractivity contribution is 14.1. The Balaban J connectivity index is 1.72. The Bertz CT molecular complexity index is 603. The molecule has 0 bridgehead atoms. The van der Waals surface area contributed by atoms with Crippen molar-refractivity contribution in [1.82, 2.24) is 15.5 Å². The van der Waals surface area contributed by atoms with Crippen LogP contribution in [0.5, 0.6) is 5.75 Å². The molecule has 118 valence electrons. The van der Waals surface area contributed by atoms with Crippen LogP contribution in [0.2, 0.25) is 0 Å². The second-order valence-electron chi connectivity index (χ2n) is 5.89. The summed E-state index contributed by atoms with van der Waals surface area (Å²) in [6.45, 7) is 2.29. The van der Waals surface area contributed by atoms with Crippen LogP contribution in [-0.4, -0.2) is 30.4 Å². The summed E-state index contributed by atoms with van der Waals surface area (Å²) >= 11 is 2.35. The van der Waals surface area contributed by atoms with Crippen LogP contribution in [0.15, 0.2) is 24.3 Å². The van der Waals surface area contributed by atoms with E-state index in [0.717, 1.165) is 41.3 Å². The summed E-state index contributed by atoms with van der Waals surface area (Å²) in [5.41, 5.74) is 3.95. The third-order valence-electron chi connectivity index (χ3n) is 4.39. The van der Waals surface area contributed by atoms with Crippen LogP contribution in [-0.2, 0) is 12.8 Å². The summed E-state index contributed by atoms with van der Waals surface area (Å²) in [6.07, 6.45) is 4.58. The van der Waals surface area contributed by atoms with Gasteiger partial charge in [-0.3, -0.25) is 5.10 Å². The molecule has 4 nitrogen and oxygen atoms in total. The van der Waals surface area contributed by atoms with Crippen molar-refractivity contribution < 1.29 is 4.74 Å². The lowest BCUT2D eigenvalue weighted by atomic mass is 9.90. The zero-order valence-electron chi connectivity index (χ0n) is 12.9. The van der Waals surface area contributed by atoms with Gasteiger partial charge in [-0.05, 0) is 78.6 Å². The second-order valence-corrected chi connectivity index (χ2v) is 6.92. The minimum atomic E-state index is 0.780. The van der Waals surface area contributed by atoms with Crippen molar-refractivity contribution in [3.05, 3.63) is 44.8 Å². The number of nitrogens with one attached hydrogen (secondary N) is 2. The van der Waals surface area contributed by atoms with Gasteiger partial charge in [0.1, 0.15) is 9.45 Å². The Labute approximate surface area is 145 Å². The second kappa shape index (κ2) is 7.46. The molecule has 2 N–H and O–H groups in total. The number of hydrogen-bond acceptors (Lipinski definition) is 3. The lowest BCUT2D eigenvalue weighted by Crippen LogP contribution is -2.28. The topological polar surface area (TPSA) is 49.9 Å². The Morgan fingerprint density at radius 3 is 2.64 bits per heavy atom. The molecule has 1 aliphatic heterocycles. The van der Waals surface area contributed by atoms with Crippen LogP contribution in [0.3, 0.4) is 0 Å². The quantitative estimate of drug-likeness (QED) is 0.744. The number of methoxy groups -OCH3 is 1. The van der Waals surface area contributed by atoms with Gasteiger partial charge >= 0.3 is 0 Å². The Hall–Kier alpha value is -1.08. The van der Waals surface area contributed by atoms with Crippen molar-refractivity contribution in [3.63, 3.8) is 0 Å². The van der Waals surface area contributed by atoms with Crippen LogP contribution in [0.1, 0.15) is 29.7 Å². The average Bonchev–Trinajstić information content (AvgIpc) is 2.90. The van der Waals surface area contributed by atoms with Gasteiger partial charge in [0.2, 0.25) is 0 Å². The monoisotopic (exact) mass is 411 g/mol. The molecule has 5 heteroatoms. The van der Waals surface area contributed by atoms with Crippen LogP contribution in [0, 0.1) is 9.62 Å². The van der Waals surface area contributed by atoms with E-state index in [9.17, 15) is 0 Å². The number of rotatable bonds is 5. The number of halogens is 1. The Kier molecular flexibility index (Phi) is 5.36. The summed E-state index contributed by atoms with van der Waals surface area (Å²) in [6, 6.07) is 8.29. The average molecular weight is 411 g/mol. The van der Waals surface area contributed by atoms with Crippen LogP contribution >= 0.6 is 22.6 Å². The Morgan fingerprint density at radius 1 is 1.23 bits per heavy atom. The molecule has 0 atom stereocenters. The standard InChI is InChI=1S/C17H22IN3O/c1-22-14-4-2-12(3-5-14)11-16-15(17(18)21-20-16)10-13-6-8-19-9-7-13/h2-5,13,19H,6-11H2,1H3,(H,20,21). The SMILES string of the molecule is COc1ccc(Cc2[nH]nc(I)c2CC2CCNCC2)cc1. The number of benzene rings is 1. The fourth-order valence-electron chi connectivity index (χ4n) is 3.05. The third-order valence-corrected chi connectivity index (χ3v) is 5.29. The number of aromatic nitrogens is 2. The first-order valence-corrected chi connectivity index (χ1v) is 8.89. The van der Waals surface area contributed by atoms with Gasteiger partial charge in [-0.1, -0.05) is 12.1 Å². The van der Waals surface area contributed by atoms with Crippen LogP contribution in [0.25, 0.3) is 0 Å². The van der Waals surface area contributed by atoms with Gasteiger partial charge in [-0.2, -0.15) is 5.10 Å². The maximum atomic E-state index is 5.22. The van der Waals surface area contributed by atoms with Crippen molar-refractivity contribution in [1.29, 1.82) is 0 Å². The highest BCUT2D eigenvalue weighted by Gasteiger charge is 2.19. The number of H-pyrrole nitrogens is 1. The van der Waals surface area contributed by atoms with Crippen molar-refractivity contribution in [2.75, 3.05) is 20.2 Å². The minimum Gasteiger partial charge on any atom is -0.497 e. The van der Waals surface area contributed by atoms with Crippen molar-refractivity contribution in [2.24, 2.45) is 5.92 Å². The van der Waals surface area contributed by atoms with Gasteiger partial charge in [0.05, 0.1) is 7.11 Å². The molecule has 0 spiro atoms. The number of ether oxygens (including phenoxy) is 1. The van der Waals surface area contributed by atoms with E-state index in [4.69, 9.17) is 4.74 Å². The number of piperidine rings is 1. The lowest BCUT2D eigenvalue weighted by Gasteiger charge is -2.22. The molecule has 2 heterocycles. The van der Waals surface area contributed by atoms with Gasteiger partial charge in [0.25, 0.3) is 0 Å². The van der Waals surface area contributed by atoms with Gasteiger partial charge in [0.15, 0.2) is 0 Å². The zero-order chi connectivity index (χ0) is 15.4. The molecule has 1 fully saturated rings. The van der Waals surface area contributed by atoms with Crippen molar-refractivity contribution in [3.8, 4) is 5.75 Å². The number of hydrogen-bond donors (Lipinski definition) is 2. The molecule has 1 aromatic carbocycles. The normalized spacial score (nSPS) is 15.9. The van der Waals surface area contributed by atoms with E-state index in [1.165, 1.54) is 29.7 Å². The Morgan fingerprint density at radius 2 is 1.95 bits per heavy atom. The van der Waals surface area contributed by atoms with Crippen molar-refractivity contribution in [2.45, 2.75) is 25.7 Å². The molecule has 3 rings (SSSR count). The molecule has 0 aliphatic carbocycles. The molecule has 0 saturated carbocycles. The molecule has 0 radical (unpaired) electrons. The molecule has 2 aromatic rings. The maximum Gasteiger partial charge on any atom is 0.126 e. The fraction of sp³-hybridized carbons (Fsp3) is 0.471.